The van der Waals surface area contributed by atoms with Gasteiger partial charge in [-0.2, -0.15) is 0 Å². The molecule has 7 heteroatoms. The van der Waals surface area contributed by atoms with E-state index in [-0.39, 0.29) is 18.1 Å². The first kappa shape index (κ1) is 33.2. The standard InChI is InChI=1S/C39H47N3O4/c1-6-45-37(43)33-11-9-28(10-12-33)8-7-23-41-24-21-29(22-25-41)27-42(38(44)46-39(2,3)4)36-26-35(36)32-15-13-30(14-16-32)31-17-19-34(40-5)20-18-31/h9-20,29,35-36H,6-8,21-27H2,1-4H3. The van der Waals surface area contributed by atoms with Gasteiger partial charge >= 0.3 is 12.1 Å². The zero-order chi connectivity index (χ0) is 32.7. The van der Waals surface area contributed by atoms with Crippen molar-refractivity contribution in [3.05, 3.63) is 101 Å². The number of piperidine rings is 1. The Kier molecular flexibility index (Phi) is 10.8. The molecule has 0 N–H and O–H groups in total. The molecule has 3 aromatic carbocycles. The molecular weight excluding hydrogens is 574 g/mol. The summed E-state index contributed by atoms with van der Waals surface area (Å²) in [5.41, 5.74) is 5.42. The molecule has 1 aliphatic carbocycles. The van der Waals surface area contributed by atoms with E-state index < -0.39 is 5.60 Å². The smallest absolute Gasteiger partial charge is 0.410 e. The lowest BCUT2D eigenvalue weighted by atomic mass is 9.95. The topological polar surface area (TPSA) is 63.4 Å². The Morgan fingerprint density at radius 1 is 0.935 bits per heavy atom. The fourth-order valence-electron chi connectivity index (χ4n) is 6.40. The second-order valence-electron chi connectivity index (χ2n) is 13.6. The van der Waals surface area contributed by atoms with Gasteiger partial charge in [-0.05, 0) is 120 Å². The van der Waals surface area contributed by atoms with Crippen molar-refractivity contribution in [1.82, 2.24) is 9.80 Å². The van der Waals surface area contributed by atoms with Crippen molar-refractivity contribution < 1.29 is 19.1 Å². The maximum Gasteiger partial charge on any atom is 0.410 e. The molecule has 242 valence electrons. The third-order valence-electron chi connectivity index (χ3n) is 9.02. The van der Waals surface area contributed by atoms with Crippen LogP contribution in [0.2, 0.25) is 0 Å². The zero-order valence-corrected chi connectivity index (χ0v) is 27.7. The predicted octanol–water partition coefficient (Wildman–Crippen LogP) is 8.52. The minimum Gasteiger partial charge on any atom is -0.462 e. The lowest BCUT2D eigenvalue weighted by Gasteiger charge is -2.36. The van der Waals surface area contributed by atoms with Crippen LogP contribution in [0.4, 0.5) is 10.5 Å². The number of amides is 1. The van der Waals surface area contributed by atoms with Crippen LogP contribution >= 0.6 is 0 Å². The van der Waals surface area contributed by atoms with Gasteiger partial charge in [0, 0.05) is 18.5 Å². The van der Waals surface area contributed by atoms with E-state index in [9.17, 15) is 9.59 Å². The molecule has 1 amide bonds. The largest absolute Gasteiger partial charge is 0.462 e. The van der Waals surface area contributed by atoms with Crippen LogP contribution in [0.15, 0.2) is 72.8 Å². The Morgan fingerprint density at radius 3 is 2.15 bits per heavy atom. The Hall–Kier alpha value is -4.15. The van der Waals surface area contributed by atoms with Crippen molar-refractivity contribution in [1.29, 1.82) is 0 Å². The SMILES string of the molecule is [C-]#[N+]c1ccc(-c2ccc(C3CC3N(CC3CCN(CCCc4ccc(C(=O)OCC)cc4)CC3)C(=O)OC(C)(C)C)cc2)cc1. The summed E-state index contributed by atoms with van der Waals surface area (Å²) in [5, 5.41) is 0. The number of carbonyl (C=O) groups excluding carboxylic acids is 2. The number of hydrogen-bond acceptors (Lipinski definition) is 5. The fraction of sp³-hybridized carbons (Fsp3) is 0.462. The Bertz CT molecular complexity index is 1500. The molecule has 2 aliphatic rings. The minimum atomic E-state index is -0.535. The first-order valence-electron chi connectivity index (χ1n) is 16.7. The summed E-state index contributed by atoms with van der Waals surface area (Å²) in [7, 11) is 0. The molecule has 2 fully saturated rings. The molecule has 1 heterocycles. The summed E-state index contributed by atoms with van der Waals surface area (Å²) in [5.74, 6) is 0.508. The van der Waals surface area contributed by atoms with Crippen LogP contribution in [0.5, 0.6) is 0 Å². The third kappa shape index (κ3) is 8.98. The molecular formula is C39H47N3O4. The summed E-state index contributed by atoms with van der Waals surface area (Å²) >= 11 is 0. The number of aryl methyl sites for hydroxylation is 1. The first-order valence-corrected chi connectivity index (χ1v) is 16.7. The van der Waals surface area contributed by atoms with E-state index in [1.807, 2.05) is 81.1 Å². The number of benzene rings is 3. The van der Waals surface area contributed by atoms with Crippen LogP contribution in [0, 0.1) is 12.5 Å². The molecule has 1 aliphatic heterocycles. The molecule has 2 atom stereocenters. The number of nitrogens with zero attached hydrogens (tertiary/aromatic N) is 3. The van der Waals surface area contributed by atoms with E-state index in [2.05, 4.69) is 34.0 Å². The quantitative estimate of drug-likeness (QED) is 0.159. The first-order chi connectivity index (χ1) is 22.1. The van der Waals surface area contributed by atoms with Gasteiger partial charge in [-0.1, -0.05) is 60.7 Å². The molecule has 0 radical (unpaired) electrons. The average Bonchev–Trinajstić information content (AvgIpc) is 3.85. The molecule has 3 aromatic rings. The van der Waals surface area contributed by atoms with Gasteiger partial charge in [0.1, 0.15) is 5.60 Å². The van der Waals surface area contributed by atoms with Crippen LogP contribution < -0.4 is 0 Å². The minimum absolute atomic E-state index is 0.159. The lowest BCUT2D eigenvalue weighted by molar-refractivity contribution is 0.0171. The third-order valence-corrected chi connectivity index (χ3v) is 9.02. The van der Waals surface area contributed by atoms with Crippen molar-refractivity contribution in [3.63, 3.8) is 0 Å². The van der Waals surface area contributed by atoms with Crippen molar-refractivity contribution >= 4 is 17.7 Å². The molecule has 7 nitrogen and oxygen atoms in total. The zero-order valence-electron chi connectivity index (χ0n) is 27.7. The van der Waals surface area contributed by atoms with Gasteiger partial charge in [-0.25, -0.2) is 14.4 Å². The number of ether oxygens (including phenoxy) is 2. The maximum atomic E-state index is 13.5. The van der Waals surface area contributed by atoms with Crippen molar-refractivity contribution in [2.45, 2.75) is 77.4 Å². The maximum absolute atomic E-state index is 13.5. The molecule has 0 bridgehead atoms. The fourth-order valence-corrected chi connectivity index (χ4v) is 6.40. The van der Waals surface area contributed by atoms with Gasteiger partial charge < -0.3 is 19.3 Å². The normalized spacial score (nSPS) is 18.4. The van der Waals surface area contributed by atoms with E-state index in [1.54, 1.807) is 0 Å². The molecule has 0 spiro atoms. The number of hydrogen-bond donors (Lipinski definition) is 0. The van der Waals surface area contributed by atoms with Crippen LogP contribution in [0.25, 0.3) is 16.0 Å². The summed E-state index contributed by atoms with van der Waals surface area (Å²) in [6.07, 6.45) is 4.96. The van der Waals surface area contributed by atoms with E-state index in [4.69, 9.17) is 16.0 Å². The summed E-state index contributed by atoms with van der Waals surface area (Å²) in [4.78, 5) is 33.4. The van der Waals surface area contributed by atoms with Crippen molar-refractivity contribution in [2.75, 3.05) is 32.8 Å². The second-order valence-corrected chi connectivity index (χ2v) is 13.6. The van der Waals surface area contributed by atoms with Gasteiger partial charge in [0.15, 0.2) is 5.69 Å². The Balaban J connectivity index is 1.12. The average molecular weight is 622 g/mol. The Labute approximate surface area is 274 Å². The molecule has 2 unspecified atom stereocenters. The van der Waals surface area contributed by atoms with E-state index in [0.29, 0.717) is 29.7 Å². The van der Waals surface area contributed by atoms with E-state index >= 15 is 0 Å². The summed E-state index contributed by atoms with van der Waals surface area (Å²) in [6.45, 7) is 19.0. The van der Waals surface area contributed by atoms with Crippen LogP contribution in [-0.4, -0.2) is 66.3 Å². The van der Waals surface area contributed by atoms with E-state index in [0.717, 1.165) is 69.4 Å². The molecule has 5 rings (SSSR count). The number of carbonyl (C=O) groups is 2. The number of esters is 1. The highest BCUT2D eigenvalue weighted by molar-refractivity contribution is 5.89. The van der Waals surface area contributed by atoms with Crippen LogP contribution in [0.3, 0.4) is 0 Å². The molecule has 1 saturated heterocycles. The summed E-state index contributed by atoms with van der Waals surface area (Å²) in [6, 6.07) is 24.3. The highest BCUT2D eigenvalue weighted by Crippen LogP contribution is 2.46. The lowest BCUT2D eigenvalue weighted by Crippen LogP contribution is -2.44. The highest BCUT2D eigenvalue weighted by Gasteiger charge is 2.46. The Morgan fingerprint density at radius 2 is 1.57 bits per heavy atom. The van der Waals surface area contributed by atoms with Gasteiger partial charge in [-0.3, -0.25) is 0 Å². The highest BCUT2D eigenvalue weighted by atomic mass is 16.6. The van der Waals surface area contributed by atoms with Gasteiger partial charge in [0.05, 0.1) is 18.7 Å². The van der Waals surface area contributed by atoms with Crippen LogP contribution in [-0.2, 0) is 15.9 Å². The monoisotopic (exact) mass is 621 g/mol. The van der Waals surface area contributed by atoms with Crippen molar-refractivity contribution in [2.24, 2.45) is 5.92 Å². The molecule has 46 heavy (non-hydrogen) atoms. The molecule has 0 aromatic heterocycles. The predicted molar refractivity (Wildman–Crippen MR) is 182 cm³/mol. The van der Waals surface area contributed by atoms with Crippen molar-refractivity contribution in [3.8, 4) is 11.1 Å². The van der Waals surface area contributed by atoms with Gasteiger partial charge in [0.2, 0.25) is 0 Å². The van der Waals surface area contributed by atoms with Crippen LogP contribution in [0.1, 0.15) is 80.8 Å². The summed E-state index contributed by atoms with van der Waals surface area (Å²) < 4.78 is 11.0. The van der Waals surface area contributed by atoms with E-state index in [1.165, 1.54) is 11.1 Å². The van der Waals surface area contributed by atoms with Gasteiger partial charge in [-0.15, -0.1) is 0 Å². The number of rotatable bonds is 11. The second kappa shape index (κ2) is 15.0. The molecule has 1 saturated carbocycles. The number of likely N-dealkylation sites (tertiary alicyclic amines) is 1. The van der Waals surface area contributed by atoms with Gasteiger partial charge in [0.25, 0.3) is 0 Å².